The Bertz CT molecular complexity index is 604. The number of amides is 1. The van der Waals surface area contributed by atoms with Crippen LogP contribution in [0, 0.1) is 18.8 Å². The zero-order valence-electron chi connectivity index (χ0n) is 12.6. The second-order valence-corrected chi connectivity index (χ2v) is 5.86. The first kappa shape index (κ1) is 15.3. The summed E-state index contributed by atoms with van der Waals surface area (Å²) in [6.07, 6.45) is 0.863. The van der Waals surface area contributed by atoms with E-state index in [9.17, 15) is 14.7 Å². The number of carboxylic acids is 1. The van der Waals surface area contributed by atoms with Crippen LogP contribution in [0.2, 0.25) is 0 Å². The van der Waals surface area contributed by atoms with E-state index in [4.69, 9.17) is 0 Å². The summed E-state index contributed by atoms with van der Waals surface area (Å²) in [5, 5.41) is 14.1. The van der Waals surface area contributed by atoms with Crippen molar-refractivity contribution >= 4 is 17.6 Å². The summed E-state index contributed by atoms with van der Waals surface area (Å²) < 4.78 is 0. The molecule has 2 atom stereocenters. The van der Waals surface area contributed by atoms with Crippen molar-refractivity contribution in [3.63, 3.8) is 0 Å². The minimum Gasteiger partial charge on any atom is -0.550 e. The van der Waals surface area contributed by atoms with Gasteiger partial charge >= 0.3 is 0 Å². The molecule has 1 aliphatic carbocycles. The smallest absolute Gasteiger partial charge is 0.228 e. The van der Waals surface area contributed by atoms with Gasteiger partial charge in [0.25, 0.3) is 0 Å². The van der Waals surface area contributed by atoms with Crippen LogP contribution in [-0.2, 0) is 9.59 Å². The number of carbonyl (C=O) groups is 2. The third-order valence-corrected chi connectivity index (χ3v) is 4.19. The number of hydrogen-bond acceptors (Lipinski definition) is 3. The van der Waals surface area contributed by atoms with E-state index in [-0.39, 0.29) is 5.91 Å². The van der Waals surface area contributed by atoms with Crippen LogP contribution >= 0.6 is 0 Å². The van der Waals surface area contributed by atoms with Gasteiger partial charge in [-0.1, -0.05) is 23.3 Å². The highest BCUT2D eigenvalue weighted by Gasteiger charge is 2.33. The van der Waals surface area contributed by atoms with Crippen molar-refractivity contribution in [1.29, 1.82) is 0 Å². The van der Waals surface area contributed by atoms with Crippen LogP contribution < -0.4 is 10.4 Å². The van der Waals surface area contributed by atoms with Gasteiger partial charge in [0.15, 0.2) is 0 Å². The number of aryl methyl sites for hydroxylation is 1. The summed E-state index contributed by atoms with van der Waals surface area (Å²) >= 11 is 0. The van der Waals surface area contributed by atoms with Gasteiger partial charge in [-0.15, -0.1) is 0 Å². The second kappa shape index (κ2) is 6.12. The number of aliphatic carboxylic acids is 1. The molecule has 0 bridgehead atoms. The Balaban J connectivity index is 2.18. The summed E-state index contributed by atoms with van der Waals surface area (Å²) in [6, 6.07) is 7.46. The second-order valence-electron chi connectivity index (χ2n) is 5.86. The fraction of sp³-hybridized carbons (Fsp3) is 0.412. The lowest BCUT2D eigenvalue weighted by Crippen LogP contribution is -2.42. The molecular formula is C17H20NO3-. The average molecular weight is 286 g/mol. The van der Waals surface area contributed by atoms with Crippen LogP contribution in [0.15, 0.2) is 35.4 Å². The quantitative estimate of drug-likeness (QED) is 0.865. The average Bonchev–Trinajstić information content (AvgIpc) is 2.41. The molecule has 0 heterocycles. The maximum Gasteiger partial charge on any atom is 0.228 e. The van der Waals surface area contributed by atoms with Gasteiger partial charge < -0.3 is 15.2 Å². The molecule has 1 aliphatic rings. The minimum atomic E-state index is -1.15. The topological polar surface area (TPSA) is 69.2 Å². The predicted octanol–water partition coefficient (Wildman–Crippen LogP) is 2.05. The van der Waals surface area contributed by atoms with E-state index in [0.717, 1.165) is 16.7 Å². The zero-order valence-corrected chi connectivity index (χ0v) is 12.6. The van der Waals surface area contributed by atoms with E-state index in [2.05, 4.69) is 5.32 Å². The molecule has 0 saturated heterocycles. The highest BCUT2D eigenvalue weighted by molar-refractivity contribution is 5.95. The van der Waals surface area contributed by atoms with Crippen molar-refractivity contribution in [1.82, 2.24) is 0 Å². The fourth-order valence-electron chi connectivity index (χ4n) is 2.77. The van der Waals surface area contributed by atoms with Crippen molar-refractivity contribution in [2.75, 3.05) is 5.32 Å². The minimum absolute atomic E-state index is 0.248. The molecule has 0 spiro atoms. The molecule has 0 radical (unpaired) electrons. The van der Waals surface area contributed by atoms with Crippen LogP contribution in [0.25, 0.3) is 0 Å². The maximum absolute atomic E-state index is 12.4. The number of carboxylic acid groups (broad SMARTS) is 1. The van der Waals surface area contributed by atoms with E-state index in [1.165, 1.54) is 0 Å². The molecule has 4 nitrogen and oxygen atoms in total. The van der Waals surface area contributed by atoms with Crippen LogP contribution in [0.3, 0.4) is 0 Å². The first-order valence-electron chi connectivity index (χ1n) is 7.12. The number of carbonyl (C=O) groups excluding carboxylic acids is 2. The van der Waals surface area contributed by atoms with Crippen molar-refractivity contribution in [3.05, 3.63) is 41.0 Å². The molecule has 2 rings (SSSR count). The molecule has 1 aromatic rings. The van der Waals surface area contributed by atoms with Gasteiger partial charge in [0.05, 0.1) is 5.92 Å². The van der Waals surface area contributed by atoms with Gasteiger partial charge in [0.2, 0.25) is 5.91 Å². The van der Waals surface area contributed by atoms with Gasteiger partial charge in [0.1, 0.15) is 0 Å². The first-order valence-corrected chi connectivity index (χ1v) is 7.12. The summed E-state index contributed by atoms with van der Waals surface area (Å²) in [5.74, 6) is -2.72. The number of benzene rings is 1. The highest BCUT2D eigenvalue weighted by Crippen LogP contribution is 2.34. The molecule has 4 heteroatoms. The lowest BCUT2D eigenvalue weighted by Gasteiger charge is -2.32. The Morgan fingerprint density at radius 1 is 1.10 bits per heavy atom. The molecule has 0 unspecified atom stereocenters. The van der Waals surface area contributed by atoms with Gasteiger partial charge in [0, 0.05) is 17.6 Å². The number of anilines is 1. The Hall–Kier alpha value is -2.10. The van der Waals surface area contributed by atoms with Crippen molar-refractivity contribution in [2.24, 2.45) is 11.8 Å². The van der Waals surface area contributed by atoms with Crippen LogP contribution in [0.5, 0.6) is 0 Å². The standard InChI is InChI=1S/C17H21NO3/c1-10-5-4-6-13(7-10)18-16(19)14-8-11(2)12(3)9-15(14)17(20)21/h4-7,14-15H,8-9H2,1-3H3,(H,18,19)(H,20,21)/p-1/t14-,15-/m0/s1. The fourth-order valence-corrected chi connectivity index (χ4v) is 2.77. The Labute approximate surface area is 124 Å². The lowest BCUT2D eigenvalue weighted by molar-refractivity contribution is -0.313. The normalized spacial score (nSPS) is 22.0. The summed E-state index contributed by atoms with van der Waals surface area (Å²) in [5.41, 5.74) is 3.88. The molecule has 0 saturated carbocycles. The number of nitrogens with one attached hydrogen (secondary N) is 1. The van der Waals surface area contributed by atoms with Gasteiger partial charge in [-0.05, 0) is 51.3 Å². The third-order valence-electron chi connectivity index (χ3n) is 4.19. The van der Waals surface area contributed by atoms with E-state index >= 15 is 0 Å². The van der Waals surface area contributed by atoms with Gasteiger partial charge in [-0.2, -0.15) is 0 Å². The molecule has 0 fully saturated rings. The molecule has 0 aromatic heterocycles. The summed E-state index contributed by atoms with van der Waals surface area (Å²) in [6.45, 7) is 5.81. The van der Waals surface area contributed by atoms with Crippen LogP contribution in [0.4, 0.5) is 5.69 Å². The number of allylic oxidation sites excluding steroid dienone is 2. The van der Waals surface area contributed by atoms with E-state index in [1.807, 2.05) is 39.0 Å². The maximum atomic E-state index is 12.4. The lowest BCUT2D eigenvalue weighted by atomic mass is 9.76. The summed E-state index contributed by atoms with van der Waals surface area (Å²) in [7, 11) is 0. The molecule has 0 aliphatic heterocycles. The molecular weight excluding hydrogens is 266 g/mol. The predicted molar refractivity (Wildman–Crippen MR) is 79.4 cm³/mol. The Morgan fingerprint density at radius 3 is 2.29 bits per heavy atom. The SMILES string of the molecule is CC1=C(C)C[C@H](C(=O)Nc2cccc(C)c2)[C@@H](C(=O)[O-])C1. The Kier molecular flexibility index (Phi) is 4.46. The zero-order chi connectivity index (χ0) is 15.6. The highest BCUT2D eigenvalue weighted by atomic mass is 16.4. The van der Waals surface area contributed by atoms with Crippen molar-refractivity contribution < 1.29 is 14.7 Å². The van der Waals surface area contributed by atoms with E-state index in [0.29, 0.717) is 18.5 Å². The molecule has 1 N–H and O–H groups in total. The molecule has 112 valence electrons. The third kappa shape index (κ3) is 3.51. The number of rotatable bonds is 3. The van der Waals surface area contributed by atoms with Gasteiger partial charge in [-0.3, -0.25) is 4.79 Å². The summed E-state index contributed by atoms with van der Waals surface area (Å²) in [4.78, 5) is 23.7. The van der Waals surface area contributed by atoms with Crippen molar-refractivity contribution in [2.45, 2.75) is 33.6 Å². The van der Waals surface area contributed by atoms with Crippen LogP contribution in [-0.4, -0.2) is 11.9 Å². The van der Waals surface area contributed by atoms with Crippen LogP contribution in [0.1, 0.15) is 32.3 Å². The van der Waals surface area contributed by atoms with E-state index < -0.39 is 17.8 Å². The monoisotopic (exact) mass is 286 g/mol. The molecule has 21 heavy (non-hydrogen) atoms. The molecule has 1 amide bonds. The largest absolute Gasteiger partial charge is 0.550 e. The van der Waals surface area contributed by atoms with Gasteiger partial charge in [-0.25, -0.2) is 0 Å². The number of hydrogen-bond donors (Lipinski definition) is 1. The first-order chi connectivity index (χ1) is 9.88. The Morgan fingerprint density at radius 2 is 1.71 bits per heavy atom. The van der Waals surface area contributed by atoms with E-state index in [1.54, 1.807) is 6.07 Å². The molecule has 1 aromatic carbocycles. The van der Waals surface area contributed by atoms with Crippen molar-refractivity contribution in [3.8, 4) is 0 Å².